The molecule has 0 saturated heterocycles. The number of alkyl carbamates (subject to hydrolysis) is 1. The van der Waals surface area contributed by atoms with Crippen molar-refractivity contribution in [2.75, 3.05) is 13.1 Å². The first-order valence-electron chi connectivity index (χ1n) is 8.51. The third-order valence-electron chi connectivity index (χ3n) is 3.33. The largest absolute Gasteiger partial charge is 0.444 e. The van der Waals surface area contributed by atoms with E-state index in [9.17, 15) is 4.79 Å². The molecule has 0 unspecified atom stereocenters. The number of nitrogens with one attached hydrogen (secondary N) is 2. The highest BCUT2D eigenvalue weighted by Gasteiger charge is 2.16. The molecule has 8 nitrogen and oxygen atoms in total. The Kier molecular flexibility index (Phi) is 6.93. The molecule has 0 aliphatic heterocycles. The van der Waals surface area contributed by atoms with E-state index in [-0.39, 0.29) is 6.04 Å². The van der Waals surface area contributed by atoms with E-state index in [2.05, 4.69) is 26.0 Å². The van der Waals surface area contributed by atoms with Gasteiger partial charge in [0.1, 0.15) is 5.60 Å². The van der Waals surface area contributed by atoms with Crippen LogP contribution in [0.3, 0.4) is 0 Å². The van der Waals surface area contributed by atoms with Crippen LogP contribution in [-0.4, -0.2) is 45.0 Å². The van der Waals surface area contributed by atoms with Crippen molar-refractivity contribution in [2.45, 2.75) is 45.8 Å². The van der Waals surface area contributed by atoms with Gasteiger partial charge in [0, 0.05) is 11.6 Å². The number of carbonyl (C=O) groups is 1. The second kappa shape index (κ2) is 8.95. The first-order valence-corrected chi connectivity index (χ1v) is 8.88. The Bertz CT molecular complexity index is 728. The molecule has 1 aromatic carbocycles. The summed E-state index contributed by atoms with van der Waals surface area (Å²) in [6.07, 6.45) is 0.350. The number of amides is 1. The van der Waals surface area contributed by atoms with Crippen LogP contribution in [-0.2, 0) is 4.74 Å². The molecule has 1 aromatic heterocycles. The zero-order valence-electron chi connectivity index (χ0n) is 15.5. The molecule has 0 saturated carbocycles. The van der Waals surface area contributed by atoms with Gasteiger partial charge in [-0.3, -0.25) is 0 Å². The van der Waals surface area contributed by atoms with Gasteiger partial charge in [-0.1, -0.05) is 17.7 Å². The molecule has 0 aliphatic carbocycles. The van der Waals surface area contributed by atoms with Gasteiger partial charge in [-0.2, -0.15) is 0 Å². The molecule has 0 bridgehead atoms. The fraction of sp³-hybridized carbons (Fsp3) is 0.529. The van der Waals surface area contributed by atoms with Crippen molar-refractivity contribution in [1.82, 2.24) is 30.8 Å². The molecule has 2 N–H and O–H groups in total. The summed E-state index contributed by atoms with van der Waals surface area (Å²) in [5.41, 5.74) is 0.266. The predicted octanol–water partition coefficient (Wildman–Crippen LogP) is 2.88. The van der Waals surface area contributed by atoms with E-state index >= 15 is 0 Å². The lowest BCUT2D eigenvalue weighted by atomic mass is 10.2. The third kappa shape index (κ3) is 6.61. The van der Waals surface area contributed by atoms with Crippen molar-refractivity contribution in [3.8, 4) is 5.69 Å². The minimum Gasteiger partial charge on any atom is -0.444 e. The van der Waals surface area contributed by atoms with Gasteiger partial charge in [0.25, 0.3) is 0 Å². The number of tetrazole rings is 1. The summed E-state index contributed by atoms with van der Waals surface area (Å²) in [6.45, 7) is 8.68. The van der Waals surface area contributed by atoms with Crippen LogP contribution in [0.2, 0.25) is 5.02 Å². The fourth-order valence-corrected chi connectivity index (χ4v) is 2.30. The molecule has 9 heteroatoms. The molecular formula is C17H25ClN6O2. The Balaban J connectivity index is 1.73. The number of halogens is 1. The maximum absolute atomic E-state index is 11.5. The van der Waals surface area contributed by atoms with E-state index in [1.54, 1.807) is 12.1 Å². The van der Waals surface area contributed by atoms with E-state index in [0.717, 1.165) is 12.1 Å². The van der Waals surface area contributed by atoms with Crippen molar-refractivity contribution in [3.05, 3.63) is 35.1 Å². The lowest BCUT2D eigenvalue weighted by Gasteiger charge is -2.19. The van der Waals surface area contributed by atoms with Crippen molar-refractivity contribution >= 4 is 17.7 Å². The van der Waals surface area contributed by atoms with Gasteiger partial charge in [-0.05, 0) is 64.1 Å². The lowest BCUT2D eigenvalue weighted by Crippen LogP contribution is -2.34. The molecular weight excluding hydrogens is 356 g/mol. The maximum atomic E-state index is 11.5. The Morgan fingerprint density at radius 1 is 1.35 bits per heavy atom. The summed E-state index contributed by atoms with van der Waals surface area (Å²) in [5.74, 6) is 0.588. The first-order chi connectivity index (χ1) is 12.2. The molecule has 0 spiro atoms. The van der Waals surface area contributed by atoms with Crippen LogP contribution in [0.4, 0.5) is 4.79 Å². The van der Waals surface area contributed by atoms with Crippen LogP contribution in [0.5, 0.6) is 0 Å². The third-order valence-corrected chi connectivity index (χ3v) is 3.56. The number of aromatic nitrogens is 4. The van der Waals surface area contributed by atoms with Gasteiger partial charge in [0.05, 0.1) is 11.7 Å². The normalized spacial score (nSPS) is 12.7. The second-order valence-corrected chi connectivity index (χ2v) is 7.31. The number of nitrogens with zero attached hydrogens (tertiary/aromatic N) is 4. The highest BCUT2D eigenvalue weighted by Crippen LogP contribution is 2.14. The van der Waals surface area contributed by atoms with Crippen LogP contribution in [0, 0.1) is 0 Å². The quantitative estimate of drug-likeness (QED) is 0.717. The summed E-state index contributed by atoms with van der Waals surface area (Å²) in [6, 6.07) is 7.19. The van der Waals surface area contributed by atoms with Crippen LogP contribution in [0.15, 0.2) is 24.3 Å². The first kappa shape index (κ1) is 20.1. The van der Waals surface area contributed by atoms with Crippen molar-refractivity contribution < 1.29 is 9.53 Å². The summed E-state index contributed by atoms with van der Waals surface area (Å²) in [5, 5.41) is 19.1. The summed E-state index contributed by atoms with van der Waals surface area (Å²) >= 11 is 5.98. The highest BCUT2D eigenvalue weighted by atomic mass is 35.5. The molecule has 2 rings (SSSR count). The summed E-state index contributed by atoms with van der Waals surface area (Å²) < 4.78 is 5.18. The molecule has 26 heavy (non-hydrogen) atoms. The van der Waals surface area contributed by atoms with Gasteiger partial charge in [-0.25, -0.2) is 4.79 Å². The zero-order valence-corrected chi connectivity index (χ0v) is 16.2. The number of carbonyl (C=O) groups excluding carboxylic acids is 1. The molecule has 0 radical (unpaired) electrons. The minimum absolute atomic E-state index is 0.0653. The van der Waals surface area contributed by atoms with Gasteiger partial charge in [-0.15, -0.1) is 15.0 Å². The van der Waals surface area contributed by atoms with Crippen LogP contribution in [0.25, 0.3) is 5.69 Å². The molecule has 142 valence electrons. The van der Waals surface area contributed by atoms with Gasteiger partial charge < -0.3 is 15.4 Å². The topological polar surface area (TPSA) is 94.0 Å². The zero-order chi connectivity index (χ0) is 19.2. The Labute approximate surface area is 158 Å². The average Bonchev–Trinajstić information content (AvgIpc) is 3.02. The average molecular weight is 381 g/mol. The molecule has 0 aliphatic rings. The molecule has 1 heterocycles. The SMILES string of the molecule is C[C@@H](NCCCNC(=O)OC(C)(C)C)c1nnn(-c2cccc(Cl)c2)n1. The number of rotatable bonds is 7. The standard InChI is InChI=1S/C17H25ClN6O2/c1-12(19-9-6-10-20-16(25)26-17(2,3)4)15-21-23-24(22-15)14-8-5-7-13(18)11-14/h5,7-8,11-12,19H,6,9-10H2,1-4H3,(H,20,25)/t12-/m1/s1. The Morgan fingerprint density at radius 3 is 2.81 bits per heavy atom. The van der Waals surface area contributed by atoms with Gasteiger partial charge >= 0.3 is 6.09 Å². The minimum atomic E-state index is -0.489. The van der Waals surface area contributed by atoms with Crippen LogP contribution >= 0.6 is 11.6 Å². The Morgan fingerprint density at radius 2 is 2.12 bits per heavy atom. The van der Waals surface area contributed by atoms with E-state index in [1.807, 2.05) is 39.8 Å². The fourth-order valence-electron chi connectivity index (χ4n) is 2.11. The van der Waals surface area contributed by atoms with Crippen LogP contribution in [0.1, 0.15) is 46.0 Å². The van der Waals surface area contributed by atoms with E-state index in [4.69, 9.17) is 16.3 Å². The van der Waals surface area contributed by atoms with Crippen molar-refractivity contribution in [1.29, 1.82) is 0 Å². The number of benzene rings is 1. The van der Waals surface area contributed by atoms with Crippen molar-refractivity contribution in [2.24, 2.45) is 0 Å². The van der Waals surface area contributed by atoms with Gasteiger partial charge in [0.2, 0.25) is 0 Å². The Hall–Kier alpha value is -2.19. The second-order valence-electron chi connectivity index (χ2n) is 6.87. The maximum Gasteiger partial charge on any atom is 0.407 e. The lowest BCUT2D eigenvalue weighted by molar-refractivity contribution is 0.0527. The summed E-state index contributed by atoms with van der Waals surface area (Å²) in [7, 11) is 0. The molecule has 1 atom stereocenters. The van der Waals surface area contributed by atoms with E-state index in [1.165, 1.54) is 4.80 Å². The highest BCUT2D eigenvalue weighted by molar-refractivity contribution is 6.30. The number of ether oxygens (including phenoxy) is 1. The summed E-state index contributed by atoms with van der Waals surface area (Å²) in [4.78, 5) is 13.0. The van der Waals surface area contributed by atoms with E-state index in [0.29, 0.717) is 23.9 Å². The number of hydrogen-bond donors (Lipinski definition) is 2. The molecule has 1 amide bonds. The predicted molar refractivity (Wildman–Crippen MR) is 99.4 cm³/mol. The monoisotopic (exact) mass is 380 g/mol. The van der Waals surface area contributed by atoms with Crippen LogP contribution < -0.4 is 10.6 Å². The molecule has 2 aromatic rings. The number of hydrogen-bond acceptors (Lipinski definition) is 6. The van der Waals surface area contributed by atoms with E-state index < -0.39 is 11.7 Å². The van der Waals surface area contributed by atoms with Gasteiger partial charge in [0.15, 0.2) is 5.82 Å². The smallest absolute Gasteiger partial charge is 0.407 e. The van der Waals surface area contributed by atoms with Crippen molar-refractivity contribution in [3.63, 3.8) is 0 Å². The molecule has 0 fully saturated rings.